The monoisotopic (exact) mass is 375 g/mol. The number of nitrogens with one attached hydrogen (secondary N) is 1. The molecule has 0 bridgehead atoms. The number of thioether (sulfide) groups is 1. The molecule has 128 valence electrons. The molecule has 0 aliphatic rings. The van der Waals surface area contributed by atoms with E-state index in [-0.39, 0.29) is 17.2 Å². The second kappa shape index (κ2) is 7.45. The third kappa shape index (κ3) is 4.22. The van der Waals surface area contributed by atoms with Crippen LogP contribution >= 0.6 is 23.1 Å². The van der Waals surface area contributed by atoms with Gasteiger partial charge in [0.2, 0.25) is 5.91 Å². The fourth-order valence-electron chi connectivity index (χ4n) is 1.94. The highest BCUT2D eigenvalue weighted by Crippen LogP contribution is 2.25. The zero-order valence-electron chi connectivity index (χ0n) is 13.0. The van der Waals surface area contributed by atoms with Crippen molar-refractivity contribution in [2.75, 3.05) is 11.1 Å². The first-order valence-electron chi connectivity index (χ1n) is 7.09. The Kier molecular flexibility index (Phi) is 5.10. The number of aromatic carboxylic acids is 1. The Labute approximate surface area is 150 Å². The minimum absolute atomic E-state index is 0.185. The highest BCUT2D eigenvalue weighted by atomic mass is 32.2. The number of nitrogens with zero attached hydrogens (tertiary/aromatic N) is 4. The van der Waals surface area contributed by atoms with E-state index in [4.69, 9.17) is 5.11 Å². The Hall–Kier alpha value is -2.72. The molecule has 0 radical (unpaired) electrons. The molecular formula is C15H13N5O3S2. The van der Waals surface area contributed by atoms with E-state index in [2.05, 4.69) is 20.5 Å². The molecule has 2 aromatic heterocycles. The summed E-state index contributed by atoms with van der Waals surface area (Å²) in [7, 11) is 1.81. The summed E-state index contributed by atoms with van der Waals surface area (Å²) in [6.45, 7) is 0. The zero-order valence-corrected chi connectivity index (χ0v) is 14.7. The predicted octanol–water partition coefficient (Wildman–Crippen LogP) is 2.37. The van der Waals surface area contributed by atoms with Crippen LogP contribution in [0.2, 0.25) is 0 Å². The van der Waals surface area contributed by atoms with E-state index in [1.54, 1.807) is 28.4 Å². The first-order chi connectivity index (χ1) is 12.0. The molecule has 0 atom stereocenters. The third-order valence-electron chi connectivity index (χ3n) is 3.18. The van der Waals surface area contributed by atoms with Crippen molar-refractivity contribution in [1.82, 2.24) is 19.7 Å². The minimum Gasteiger partial charge on any atom is -0.478 e. The van der Waals surface area contributed by atoms with Gasteiger partial charge in [-0.2, -0.15) is 0 Å². The van der Waals surface area contributed by atoms with Crippen LogP contribution in [0.4, 0.5) is 5.13 Å². The zero-order chi connectivity index (χ0) is 17.8. The lowest BCUT2D eigenvalue weighted by Gasteiger charge is -2.01. The second-order valence-electron chi connectivity index (χ2n) is 4.98. The average Bonchev–Trinajstić information content (AvgIpc) is 3.22. The van der Waals surface area contributed by atoms with Crippen LogP contribution in [-0.4, -0.2) is 42.5 Å². The molecule has 0 fully saturated rings. The van der Waals surface area contributed by atoms with E-state index < -0.39 is 5.97 Å². The Morgan fingerprint density at radius 3 is 2.72 bits per heavy atom. The number of carboxylic acids is 1. The molecule has 3 aromatic rings. The SMILES string of the molecule is Cn1cnnc1SCC(=O)Nc1nc(-c2ccc(C(=O)O)cc2)cs1. The number of rotatable bonds is 6. The fourth-order valence-corrected chi connectivity index (χ4v) is 3.36. The molecule has 25 heavy (non-hydrogen) atoms. The van der Waals surface area contributed by atoms with Gasteiger partial charge in [-0.1, -0.05) is 23.9 Å². The van der Waals surface area contributed by atoms with Crippen LogP contribution in [0.5, 0.6) is 0 Å². The fraction of sp³-hybridized carbons (Fsp3) is 0.133. The van der Waals surface area contributed by atoms with Gasteiger partial charge in [0.25, 0.3) is 0 Å². The highest BCUT2D eigenvalue weighted by molar-refractivity contribution is 7.99. The van der Waals surface area contributed by atoms with Gasteiger partial charge >= 0.3 is 5.97 Å². The smallest absolute Gasteiger partial charge is 0.335 e. The first-order valence-corrected chi connectivity index (χ1v) is 8.95. The summed E-state index contributed by atoms with van der Waals surface area (Å²) >= 11 is 2.59. The van der Waals surface area contributed by atoms with E-state index in [1.807, 2.05) is 7.05 Å². The third-order valence-corrected chi connectivity index (χ3v) is 4.97. The van der Waals surface area contributed by atoms with Crippen LogP contribution in [0, 0.1) is 0 Å². The lowest BCUT2D eigenvalue weighted by molar-refractivity contribution is -0.113. The number of hydrogen-bond acceptors (Lipinski definition) is 7. The normalized spacial score (nSPS) is 10.6. The van der Waals surface area contributed by atoms with Crippen LogP contribution in [0.1, 0.15) is 10.4 Å². The largest absolute Gasteiger partial charge is 0.478 e. The number of carbonyl (C=O) groups is 2. The molecule has 8 nitrogen and oxygen atoms in total. The molecule has 1 amide bonds. The maximum Gasteiger partial charge on any atom is 0.335 e. The van der Waals surface area contributed by atoms with E-state index in [9.17, 15) is 9.59 Å². The number of thiazole rings is 1. The van der Waals surface area contributed by atoms with Crippen molar-refractivity contribution in [3.63, 3.8) is 0 Å². The van der Waals surface area contributed by atoms with Crippen LogP contribution in [0.15, 0.2) is 41.1 Å². The number of benzene rings is 1. The van der Waals surface area contributed by atoms with Gasteiger partial charge in [-0.3, -0.25) is 4.79 Å². The van der Waals surface area contributed by atoms with E-state index in [0.29, 0.717) is 16.0 Å². The molecular weight excluding hydrogens is 362 g/mol. The summed E-state index contributed by atoms with van der Waals surface area (Å²) < 4.78 is 1.74. The number of aryl methyl sites for hydroxylation is 1. The molecule has 2 N–H and O–H groups in total. The lowest BCUT2D eigenvalue weighted by atomic mass is 10.1. The number of aromatic nitrogens is 4. The molecule has 0 saturated heterocycles. The van der Waals surface area contributed by atoms with Crippen molar-refractivity contribution in [1.29, 1.82) is 0 Å². The summed E-state index contributed by atoms with van der Waals surface area (Å²) in [4.78, 5) is 27.2. The quantitative estimate of drug-likeness (QED) is 0.636. The van der Waals surface area contributed by atoms with Crippen LogP contribution in [-0.2, 0) is 11.8 Å². The molecule has 1 aromatic carbocycles. The van der Waals surface area contributed by atoms with Gasteiger partial charge < -0.3 is 15.0 Å². The van der Waals surface area contributed by atoms with Crippen molar-refractivity contribution in [3.05, 3.63) is 41.5 Å². The standard InChI is InChI=1S/C15H13N5O3S2/c1-20-8-16-19-15(20)25-7-12(21)18-14-17-11(6-24-14)9-2-4-10(5-3-9)13(22)23/h2-6,8H,7H2,1H3,(H,22,23)(H,17,18,21). The molecule has 10 heteroatoms. The van der Waals surface area contributed by atoms with Gasteiger partial charge in [0, 0.05) is 18.0 Å². The predicted molar refractivity (Wildman–Crippen MR) is 94.9 cm³/mol. The van der Waals surface area contributed by atoms with Crippen molar-refractivity contribution in [3.8, 4) is 11.3 Å². The number of hydrogen-bond donors (Lipinski definition) is 2. The number of carbonyl (C=O) groups excluding carboxylic acids is 1. The Bertz CT molecular complexity index is 904. The first kappa shape index (κ1) is 17.1. The number of amides is 1. The topological polar surface area (TPSA) is 110 Å². The van der Waals surface area contributed by atoms with Gasteiger partial charge in [0.05, 0.1) is 17.0 Å². The molecule has 0 saturated carbocycles. The highest BCUT2D eigenvalue weighted by Gasteiger charge is 2.11. The van der Waals surface area contributed by atoms with Crippen LogP contribution in [0.3, 0.4) is 0 Å². The van der Waals surface area contributed by atoms with Crippen LogP contribution in [0.25, 0.3) is 11.3 Å². The summed E-state index contributed by atoms with van der Waals surface area (Å²) in [6, 6.07) is 6.42. The van der Waals surface area contributed by atoms with Gasteiger partial charge in [-0.15, -0.1) is 21.5 Å². The molecule has 0 unspecified atom stereocenters. The summed E-state index contributed by atoms with van der Waals surface area (Å²) in [5.74, 6) is -0.956. The number of anilines is 1. The molecule has 3 rings (SSSR count). The maximum atomic E-state index is 12.0. The van der Waals surface area contributed by atoms with Crippen LogP contribution < -0.4 is 5.32 Å². The molecule has 0 aliphatic heterocycles. The number of carboxylic acid groups (broad SMARTS) is 1. The van der Waals surface area contributed by atoms with Crippen molar-refractivity contribution >= 4 is 40.1 Å². The average molecular weight is 375 g/mol. The van der Waals surface area contributed by atoms with Gasteiger partial charge in [0.15, 0.2) is 10.3 Å². The van der Waals surface area contributed by atoms with Crippen molar-refractivity contribution < 1.29 is 14.7 Å². The van der Waals surface area contributed by atoms with Crippen molar-refractivity contribution in [2.45, 2.75) is 5.16 Å². The Balaban J connectivity index is 1.60. The minimum atomic E-state index is -0.974. The van der Waals surface area contributed by atoms with E-state index >= 15 is 0 Å². The summed E-state index contributed by atoms with van der Waals surface area (Å²) in [5, 5.41) is 22.3. The van der Waals surface area contributed by atoms with Gasteiger partial charge in [-0.25, -0.2) is 9.78 Å². The van der Waals surface area contributed by atoms with E-state index in [1.165, 1.54) is 35.2 Å². The van der Waals surface area contributed by atoms with E-state index in [0.717, 1.165) is 5.56 Å². The maximum absolute atomic E-state index is 12.0. The second-order valence-corrected chi connectivity index (χ2v) is 6.78. The van der Waals surface area contributed by atoms with Crippen molar-refractivity contribution in [2.24, 2.45) is 7.05 Å². The molecule has 2 heterocycles. The molecule has 0 spiro atoms. The van der Waals surface area contributed by atoms with Gasteiger partial charge in [-0.05, 0) is 12.1 Å². The van der Waals surface area contributed by atoms with Gasteiger partial charge in [0.1, 0.15) is 6.33 Å². The Morgan fingerprint density at radius 1 is 1.32 bits per heavy atom. The Morgan fingerprint density at radius 2 is 2.08 bits per heavy atom. The lowest BCUT2D eigenvalue weighted by Crippen LogP contribution is -2.14. The summed E-state index contributed by atoms with van der Waals surface area (Å²) in [6.07, 6.45) is 1.57. The molecule has 0 aliphatic carbocycles. The summed E-state index contributed by atoms with van der Waals surface area (Å²) in [5.41, 5.74) is 1.68.